The Kier molecular flexibility index (Phi) is 10.00. The van der Waals surface area contributed by atoms with Crippen molar-refractivity contribution in [3.05, 3.63) is 36.7 Å². The average molecular weight is 530 g/mol. The van der Waals surface area contributed by atoms with Crippen LogP contribution in [0.3, 0.4) is 0 Å². The van der Waals surface area contributed by atoms with E-state index >= 15 is 0 Å². The number of nitrogens with one attached hydrogen (secondary N) is 2. The van der Waals surface area contributed by atoms with Gasteiger partial charge in [-0.3, -0.25) is 29.2 Å². The molecule has 2 rings (SSSR count). The first kappa shape index (κ1) is 29.5. The van der Waals surface area contributed by atoms with Crippen LogP contribution in [-0.4, -0.2) is 103 Å². The summed E-state index contributed by atoms with van der Waals surface area (Å²) >= 11 is 0. The van der Waals surface area contributed by atoms with Crippen LogP contribution < -0.4 is 15.4 Å². The van der Waals surface area contributed by atoms with Gasteiger partial charge in [-0.05, 0) is 19.9 Å². The number of ketones is 1. The molecule has 1 atom stereocenters. The lowest BCUT2D eigenvalue weighted by Gasteiger charge is -2.45. The standard InChI is InChI=1S/C23H30F3N5O6/c1-5-8-37-21(35)31-7-6-30(13-17(31)19(33)29-14-23(24,25)26)22(2,3)20(34)28-12-18(32)15-9-16(36-4)11-27-10-15/h5,9-11,17H,1,6-8,12-14H2,2-4H3,(H,28,34)(H,29,33). The summed E-state index contributed by atoms with van der Waals surface area (Å²) < 4.78 is 48.0. The van der Waals surface area contributed by atoms with Gasteiger partial charge < -0.3 is 20.1 Å². The van der Waals surface area contributed by atoms with Crippen molar-refractivity contribution >= 4 is 23.7 Å². The van der Waals surface area contributed by atoms with Crippen molar-refractivity contribution in [3.63, 3.8) is 0 Å². The number of alkyl halides is 3. The highest BCUT2D eigenvalue weighted by molar-refractivity contribution is 6.00. The first-order valence-corrected chi connectivity index (χ1v) is 11.2. The molecule has 14 heteroatoms. The van der Waals surface area contributed by atoms with Crippen molar-refractivity contribution in [1.29, 1.82) is 0 Å². The predicted octanol–water partition coefficient (Wildman–Crippen LogP) is 1.16. The zero-order valence-electron chi connectivity index (χ0n) is 20.8. The Balaban J connectivity index is 2.11. The summed E-state index contributed by atoms with van der Waals surface area (Å²) in [5.41, 5.74) is -1.06. The Bertz CT molecular complexity index is 1020. The van der Waals surface area contributed by atoms with E-state index in [0.717, 1.165) is 4.90 Å². The van der Waals surface area contributed by atoms with E-state index in [-0.39, 0.29) is 38.3 Å². The smallest absolute Gasteiger partial charge is 0.410 e. The Morgan fingerprint density at radius 3 is 2.51 bits per heavy atom. The fourth-order valence-corrected chi connectivity index (χ4v) is 3.56. The fraction of sp³-hybridized carbons (Fsp3) is 0.522. The highest BCUT2D eigenvalue weighted by Gasteiger charge is 2.44. The lowest BCUT2D eigenvalue weighted by Crippen LogP contribution is -2.67. The molecule has 1 unspecified atom stereocenters. The second-order valence-corrected chi connectivity index (χ2v) is 8.63. The van der Waals surface area contributed by atoms with E-state index < -0.39 is 48.0 Å². The van der Waals surface area contributed by atoms with Crippen molar-refractivity contribution in [3.8, 4) is 5.75 Å². The molecule has 1 aliphatic rings. The topological polar surface area (TPSA) is 130 Å². The normalized spacial score (nSPS) is 16.5. The molecule has 0 saturated carbocycles. The summed E-state index contributed by atoms with van der Waals surface area (Å²) in [6.45, 7) is 4.19. The van der Waals surface area contributed by atoms with Crippen LogP contribution in [0.15, 0.2) is 31.1 Å². The quantitative estimate of drug-likeness (QED) is 0.341. The molecule has 1 saturated heterocycles. The second kappa shape index (κ2) is 12.5. The minimum absolute atomic E-state index is 0.0921. The van der Waals surface area contributed by atoms with Crippen LogP contribution in [0.1, 0.15) is 24.2 Å². The van der Waals surface area contributed by atoms with Crippen LogP contribution in [0.5, 0.6) is 5.75 Å². The van der Waals surface area contributed by atoms with E-state index in [0.29, 0.717) is 5.75 Å². The number of amides is 3. The van der Waals surface area contributed by atoms with Gasteiger partial charge in [0.05, 0.1) is 25.4 Å². The number of pyridine rings is 1. The maximum Gasteiger partial charge on any atom is 0.410 e. The molecular formula is C23H30F3N5O6. The van der Waals surface area contributed by atoms with Gasteiger partial charge in [-0.1, -0.05) is 12.7 Å². The van der Waals surface area contributed by atoms with Gasteiger partial charge in [0, 0.05) is 31.4 Å². The van der Waals surface area contributed by atoms with Crippen molar-refractivity contribution in [2.75, 3.05) is 46.4 Å². The zero-order chi connectivity index (χ0) is 27.8. The van der Waals surface area contributed by atoms with Gasteiger partial charge in [0.1, 0.15) is 24.9 Å². The van der Waals surface area contributed by atoms with Crippen molar-refractivity contribution in [2.24, 2.45) is 0 Å². The molecule has 0 aromatic carbocycles. The number of rotatable bonds is 10. The number of carbonyl (C=O) groups excluding carboxylic acids is 4. The third-order valence-electron chi connectivity index (χ3n) is 5.73. The minimum atomic E-state index is -4.65. The average Bonchev–Trinajstić information content (AvgIpc) is 2.87. The van der Waals surface area contributed by atoms with E-state index in [4.69, 9.17) is 9.47 Å². The molecule has 0 radical (unpaired) electrons. The van der Waals surface area contributed by atoms with Gasteiger partial charge in [0.2, 0.25) is 11.8 Å². The summed E-state index contributed by atoms with van der Waals surface area (Å²) in [5, 5.41) is 4.32. The number of nitrogens with zero attached hydrogens (tertiary/aromatic N) is 3. The molecule has 1 aromatic heterocycles. The summed E-state index contributed by atoms with van der Waals surface area (Å²) in [6, 6.07) is 0.117. The number of aromatic nitrogens is 1. The van der Waals surface area contributed by atoms with E-state index in [1.54, 1.807) is 10.2 Å². The summed E-state index contributed by atoms with van der Waals surface area (Å²) in [4.78, 5) is 57.0. The van der Waals surface area contributed by atoms with Gasteiger partial charge in [0.15, 0.2) is 5.78 Å². The first-order valence-electron chi connectivity index (χ1n) is 11.2. The summed E-state index contributed by atoms with van der Waals surface area (Å²) in [6.07, 6.45) is -1.49. The number of hydrogen-bond acceptors (Lipinski definition) is 8. The third kappa shape index (κ3) is 8.17. The Morgan fingerprint density at radius 1 is 1.19 bits per heavy atom. The Labute approximate surface area is 212 Å². The SMILES string of the molecule is C=CCOC(=O)N1CCN(C(C)(C)C(=O)NCC(=O)c2cncc(OC)c2)CC1C(=O)NCC(F)(F)F. The number of methoxy groups -OCH3 is 1. The molecule has 1 aliphatic heterocycles. The van der Waals surface area contributed by atoms with Gasteiger partial charge in [-0.15, -0.1) is 0 Å². The number of ether oxygens (including phenoxy) is 2. The van der Waals surface area contributed by atoms with E-state index in [1.165, 1.54) is 45.5 Å². The number of halogens is 3. The number of hydrogen-bond donors (Lipinski definition) is 2. The number of piperazine rings is 1. The fourth-order valence-electron chi connectivity index (χ4n) is 3.56. The predicted molar refractivity (Wildman–Crippen MR) is 125 cm³/mol. The lowest BCUT2D eigenvalue weighted by atomic mass is 9.97. The molecule has 204 valence electrons. The van der Waals surface area contributed by atoms with E-state index in [2.05, 4.69) is 16.9 Å². The molecule has 37 heavy (non-hydrogen) atoms. The van der Waals surface area contributed by atoms with E-state index in [9.17, 15) is 32.3 Å². The van der Waals surface area contributed by atoms with Crippen LogP contribution in [0.2, 0.25) is 0 Å². The van der Waals surface area contributed by atoms with Crippen molar-refractivity contribution in [1.82, 2.24) is 25.4 Å². The molecule has 0 spiro atoms. The molecule has 3 amide bonds. The van der Waals surface area contributed by atoms with E-state index in [1.807, 2.05) is 0 Å². The van der Waals surface area contributed by atoms with Crippen molar-refractivity contribution in [2.45, 2.75) is 31.6 Å². The Hall–Kier alpha value is -3.68. The maximum atomic E-state index is 13.0. The molecule has 0 bridgehead atoms. The second-order valence-electron chi connectivity index (χ2n) is 8.63. The van der Waals surface area contributed by atoms with Gasteiger partial charge in [-0.25, -0.2) is 4.79 Å². The van der Waals surface area contributed by atoms with Crippen LogP contribution in [0.25, 0.3) is 0 Å². The lowest BCUT2D eigenvalue weighted by molar-refractivity contribution is -0.145. The molecule has 1 aromatic rings. The van der Waals surface area contributed by atoms with Gasteiger partial charge in [0.25, 0.3) is 0 Å². The van der Waals surface area contributed by atoms with Crippen LogP contribution in [0, 0.1) is 0 Å². The minimum Gasteiger partial charge on any atom is -0.495 e. The largest absolute Gasteiger partial charge is 0.495 e. The summed E-state index contributed by atoms with van der Waals surface area (Å²) in [5.74, 6) is -1.66. The monoisotopic (exact) mass is 529 g/mol. The van der Waals surface area contributed by atoms with Crippen LogP contribution in [-0.2, 0) is 14.3 Å². The van der Waals surface area contributed by atoms with Crippen LogP contribution in [0.4, 0.5) is 18.0 Å². The van der Waals surface area contributed by atoms with Crippen molar-refractivity contribution < 1.29 is 41.8 Å². The molecule has 2 heterocycles. The maximum absolute atomic E-state index is 13.0. The zero-order valence-corrected chi connectivity index (χ0v) is 20.8. The van der Waals surface area contributed by atoms with Gasteiger partial charge >= 0.3 is 12.3 Å². The molecule has 1 fully saturated rings. The van der Waals surface area contributed by atoms with Crippen LogP contribution >= 0.6 is 0 Å². The third-order valence-corrected chi connectivity index (χ3v) is 5.73. The molecule has 0 aliphatic carbocycles. The number of carbonyl (C=O) groups is 4. The highest BCUT2D eigenvalue weighted by Crippen LogP contribution is 2.22. The molecule has 11 nitrogen and oxygen atoms in total. The Morgan fingerprint density at radius 2 is 1.89 bits per heavy atom. The molecule has 2 N–H and O–H groups in total. The van der Waals surface area contributed by atoms with Gasteiger partial charge in [-0.2, -0.15) is 13.2 Å². The summed E-state index contributed by atoms with van der Waals surface area (Å²) in [7, 11) is 1.42. The number of Topliss-reactive ketones (excluding diaryl/α,β-unsaturated/α-hetero) is 1. The first-order chi connectivity index (χ1) is 17.3. The molecular weight excluding hydrogens is 499 g/mol. The highest BCUT2D eigenvalue weighted by atomic mass is 19.4.